The van der Waals surface area contributed by atoms with Crippen molar-refractivity contribution in [3.63, 3.8) is 0 Å². The zero-order valence-electron chi connectivity index (χ0n) is 13.6. The van der Waals surface area contributed by atoms with Crippen LogP contribution >= 0.6 is 15.9 Å². The van der Waals surface area contributed by atoms with Crippen LogP contribution in [0.4, 0.5) is 5.69 Å². The van der Waals surface area contributed by atoms with Gasteiger partial charge in [0.25, 0.3) is 5.91 Å². The van der Waals surface area contributed by atoms with Crippen molar-refractivity contribution in [2.24, 2.45) is 11.3 Å². The van der Waals surface area contributed by atoms with E-state index >= 15 is 0 Å². The Morgan fingerprint density at radius 2 is 2.00 bits per heavy atom. The molecule has 0 spiro atoms. The predicted molar refractivity (Wildman–Crippen MR) is 93.6 cm³/mol. The maximum Gasteiger partial charge on any atom is 0.278 e. The highest BCUT2D eigenvalue weighted by Crippen LogP contribution is 2.38. The molecule has 0 fully saturated rings. The van der Waals surface area contributed by atoms with E-state index in [2.05, 4.69) is 47.2 Å². The first-order valence-corrected chi connectivity index (χ1v) is 8.68. The third-order valence-corrected chi connectivity index (χ3v) is 5.11. The quantitative estimate of drug-likeness (QED) is 0.815. The number of fused-ring (bicyclic) bond motifs is 1. The Morgan fingerprint density at radius 1 is 1.30 bits per heavy atom. The molecule has 1 aliphatic carbocycles. The minimum Gasteiger partial charge on any atom is -0.360 e. The van der Waals surface area contributed by atoms with Crippen molar-refractivity contribution in [1.29, 1.82) is 0 Å². The number of anilines is 1. The molecule has 0 bridgehead atoms. The molecule has 5 heteroatoms. The standard InChI is InChI=1S/C18H21BrN2O2/c1-18(2,3)11-4-9-15-14(10-11)16(21-23-15)17(22)20-13-7-5-12(19)6-8-13/h5-8,11H,4,9-10H2,1-3H3,(H,20,22)/t11-/m0/s1. The smallest absolute Gasteiger partial charge is 0.278 e. The van der Waals surface area contributed by atoms with Gasteiger partial charge < -0.3 is 9.84 Å². The number of hydrogen-bond acceptors (Lipinski definition) is 3. The maximum absolute atomic E-state index is 12.5. The highest BCUT2D eigenvalue weighted by Gasteiger charge is 2.34. The van der Waals surface area contributed by atoms with Crippen LogP contribution in [0, 0.1) is 11.3 Å². The molecule has 3 rings (SSSR count). The summed E-state index contributed by atoms with van der Waals surface area (Å²) in [6, 6.07) is 7.49. The lowest BCUT2D eigenvalue weighted by Gasteiger charge is -2.33. The van der Waals surface area contributed by atoms with Gasteiger partial charge in [-0.2, -0.15) is 0 Å². The van der Waals surface area contributed by atoms with E-state index in [0.29, 0.717) is 11.6 Å². The van der Waals surface area contributed by atoms with Gasteiger partial charge in [0.2, 0.25) is 0 Å². The van der Waals surface area contributed by atoms with Crippen LogP contribution in [0.1, 0.15) is 49.0 Å². The summed E-state index contributed by atoms with van der Waals surface area (Å²) in [6.07, 6.45) is 2.79. The molecule has 2 aromatic rings. The van der Waals surface area contributed by atoms with Crippen molar-refractivity contribution in [2.75, 3.05) is 5.32 Å². The van der Waals surface area contributed by atoms with E-state index in [9.17, 15) is 4.79 Å². The summed E-state index contributed by atoms with van der Waals surface area (Å²) in [5.74, 6) is 1.20. The van der Waals surface area contributed by atoms with Gasteiger partial charge in [-0.25, -0.2) is 0 Å². The van der Waals surface area contributed by atoms with Gasteiger partial charge in [0.05, 0.1) is 0 Å². The zero-order valence-corrected chi connectivity index (χ0v) is 15.2. The van der Waals surface area contributed by atoms with Crippen LogP contribution in [0.5, 0.6) is 0 Å². The van der Waals surface area contributed by atoms with Crippen LogP contribution in [0.3, 0.4) is 0 Å². The number of carbonyl (C=O) groups is 1. The average molecular weight is 377 g/mol. The molecule has 1 atom stereocenters. The van der Waals surface area contributed by atoms with E-state index in [1.807, 2.05) is 24.3 Å². The van der Waals surface area contributed by atoms with Crippen LogP contribution in [-0.4, -0.2) is 11.1 Å². The Hall–Kier alpha value is -1.62. The summed E-state index contributed by atoms with van der Waals surface area (Å²) in [6.45, 7) is 6.74. The van der Waals surface area contributed by atoms with Crippen LogP contribution in [0.25, 0.3) is 0 Å². The summed E-state index contributed by atoms with van der Waals surface area (Å²) in [5, 5.41) is 6.92. The lowest BCUT2D eigenvalue weighted by atomic mass is 9.71. The molecular formula is C18H21BrN2O2. The highest BCUT2D eigenvalue weighted by molar-refractivity contribution is 9.10. The normalized spacial score (nSPS) is 17.7. The number of nitrogens with one attached hydrogen (secondary N) is 1. The van der Waals surface area contributed by atoms with Crippen LogP contribution in [0.15, 0.2) is 33.3 Å². The monoisotopic (exact) mass is 376 g/mol. The number of amides is 1. The van der Waals surface area contributed by atoms with Gasteiger partial charge in [0, 0.05) is 22.1 Å². The van der Waals surface area contributed by atoms with E-state index < -0.39 is 0 Å². The summed E-state index contributed by atoms with van der Waals surface area (Å²) in [4.78, 5) is 12.5. The van der Waals surface area contributed by atoms with Gasteiger partial charge >= 0.3 is 0 Å². The summed E-state index contributed by atoms with van der Waals surface area (Å²) < 4.78 is 6.38. The molecule has 23 heavy (non-hydrogen) atoms. The van der Waals surface area contributed by atoms with Gasteiger partial charge in [0.1, 0.15) is 5.76 Å². The van der Waals surface area contributed by atoms with Crippen LogP contribution in [0.2, 0.25) is 0 Å². The van der Waals surface area contributed by atoms with E-state index in [1.54, 1.807) is 0 Å². The molecule has 1 N–H and O–H groups in total. The molecule has 122 valence electrons. The molecule has 1 heterocycles. The molecule has 0 unspecified atom stereocenters. The lowest BCUT2D eigenvalue weighted by Crippen LogP contribution is -2.27. The number of halogens is 1. The minimum atomic E-state index is -0.202. The molecule has 1 aromatic heterocycles. The Kier molecular flexibility index (Phi) is 4.32. The van der Waals surface area contributed by atoms with Crippen molar-refractivity contribution in [3.05, 3.63) is 45.8 Å². The fourth-order valence-corrected chi connectivity index (χ4v) is 3.31. The summed E-state index contributed by atoms with van der Waals surface area (Å²) in [7, 11) is 0. The van der Waals surface area contributed by atoms with Crippen LogP contribution < -0.4 is 5.32 Å². The van der Waals surface area contributed by atoms with E-state index in [-0.39, 0.29) is 11.3 Å². The zero-order chi connectivity index (χ0) is 16.6. The van der Waals surface area contributed by atoms with Crippen molar-refractivity contribution >= 4 is 27.5 Å². The first-order chi connectivity index (χ1) is 10.8. The van der Waals surface area contributed by atoms with Gasteiger partial charge in [0.15, 0.2) is 5.69 Å². The molecule has 0 saturated carbocycles. The van der Waals surface area contributed by atoms with Crippen LogP contribution in [-0.2, 0) is 12.8 Å². The Bertz CT molecular complexity index is 714. The van der Waals surface area contributed by atoms with Gasteiger partial charge in [-0.3, -0.25) is 4.79 Å². The first-order valence-electron chi connectivity index (χ1n) is 7.89. The number of hydrogen-bond donors (Lipinski definition) is 1. The second-order valence-electron chi connectivity index (χ2n) is 7.20. The second kappa shape index (κ2) is 6.11. The Morgan fingerprint density at radius 3 is 2.65 bits per heavy atom. The number of rotatable bonds is 2. The maximum atomic E-state index is 12.5. The third-order valence-electron chi connectivity index (χ3n) is 4.58. The molecule has 1 aliphatic rings. The molecule has 0 aliphatic heterocycles. The van der Waals surface area contributed by atoms with Crippen molar-refractivity contribution in [1.82, 2.24) is 5.16 Å². The SMILES string of the molecule is CC(C)(C)[C@H]1CCc2onc(C(=O)Nc3ccc(Br)cc3)c2C1. The largest absolute Gasteiger partial charge is 0.360 e. The number of aryl methyl sites for hydroxylation is 1. The molecule has 0 radical (unpaired) electrons. The van der Waals surface area contributed by atoms with E-state index in [1.165, 1.54) is 0 Å². The predicted octanol–water partition coefficient (Wildman–Crippen LogP) is 4.84. The topological polar surface area (TPSA) is 55.1 Å². The number of aromatic nitrogens is 1. The van der Waals surface area contributed by atoms with Crippen molar-refractivity contribution in [3.8, 4) is 0 Å². The number of benzene rings is 1. The number of carbonyl (C=O) groups excluding carboxylic acids is 1. The summed E-state index contributed by atoms with van der Waals surface area (Å²) in [5.41, 5.74) is 2.37. The van der Waals surface area contributed by atoms with E-state index in [0.717, 1.165) is 40.7 Å². The molecular weight excluding hydrogens is 356 g/mol. The van der Waals surface area contributed by atoms with E-state index in [4.69, 9.17) is 4.52 Å². The molecule has 1 aromatic carbocycles. The third kappa shape index (κ3) is 3.50. The second-order valence-corrected chi connectivity index (χ2v) is 8.12. The number of nitrogens with zero attached hydrogens (tertiary/aromatic N) is 1. The van der Waals surface area contributed by atoms with Crippen molar-refractivity contribution in [2.45, 2.75) is 40.0 Å². The minimum absolute atomic E-state index is 0.202. The fourth-order valence-electron chi connectivity index (χ4n) is 3.05. The average Bonchev–Trinajstić information content (AvgIpc) is 2.92. The van der Waals surface area contributed by atoms with Gasteiger partial charge in [-0.05, 0) is 48.4 Å². The van der Waals surface area contributed by atoms with Crippen molar-refractivity contribution < 1.29 is 9.32 Å². The Balaban J connectivity index is 1.80. The summed E-state index contributed by atoms with van der Waals surface area (Å²) >= 11 is 3.38. The first kappa shape index (κ1) is 16.2. The fraction of sp³-hybridized carbons (Fsp3) is 0.444. The van der Waals surface area contributed by atoms with Gasteiger partial charge in [-0.1, -0.05) is 41.9 Å². The highest BCUT2D eigenvalue weighted by atomic mass is 79.9. The lowest BCUT2D eigenvalue weighted by molar-refractivity contribution is 0.101. The Labute approximate surface area is 144 Å². The molecule has 4 nitrogen and oxygen atoms in total. The van der Waals surface area contributed by atoms with Gasteiger partial charge in [-0.15, -0.1) is 0 Å². The molecule has 0 saturated heterocycles. The molecule has 1 amide bonds.